The van der Waals surface area contributed by atoms with E-state index in [2.05, 4.69) is 30.9 Å². The van der Waals surface area contributed by atoms with E-state index in [1.165, 1.54) is 6.20 Å². The molecule has 0 aliphatic carbocycles. The van der Waals surface area contributed by atoms with Crippen molar-refractivity contribution >= 4 is 0 Å². The van der Waals surface area contributed by atoms with Crippen LogP contribution in [0.1, 0.15) is 12.0 Å². The van der Waals surface area contributed by atoms with Gasteiger partial charge in [0.1, 0.15) is 6.10 Å². The molecule has 0 saturated carbocycles. The van der Waals surface area contributed by atoms with Crippen LogP contribution in [-0.2, 0) is 4.74 Å². The van der Waals surface area contributed by atoms with Gasteiger partial charge < -0.3 is 14.6 Å². The molecule has 0 aromatic carbocycles. The van der Waals surface area contributed by atoms with E-state index in [0.29, 0.717) is 30.6 Å². The van der Waals surface area contributed by atoms with E-state index in [-0.39, 0.29) is 6.10 Å². The molecule has 1 saturated heterocycles. The Bertz CT molecular complexity index is 447. The van der Waals surface area contributed by atoms with Gasteiger partial charge in [-0.25, -0.2) is 0 Å². The minimum absolute atomic E-state index is 0.179. The van der Waals surface area contributed by atoms with E-state index < -0.39 is 0 Å². The summed E-state index contributed by atoms with van der Waals surface area (Å²) >= 11 is 0. The second-order valence-corrected chi connectivity index (χ2v) is 3.38. The Hall–Kier alpha value is -1.80. The van der Waals surface area contributed by atoms with Crippen LogP contribution in [0.15, 0.2) is 10.7 Å². The second kappa shape index (κ2) is 3.99. The number of nitrogens with zero attached hydrogens (tertiary/aromatic N) is 4. The van der Waals surface area contributed by atoms with Gasteiger partial charge in [-0.3, -0.25) is 0 Å². The first-order valence-corrected chi connectivity index (χ1v) is 4.95. The molecule has 0 spiro atoms. The monoisotopic (exact) mass is 222 g/mol. The predicted molar refractivity (Wildman–Crippen MR) is 51.2 cm³/mol. The van der Waals surface area contributed by atoms with Gasteiger partial charge in [-0.05, 0) is 0 Å². The van der Waals surface area contributed by atoms with Gasteiger partial charge in [0.2, 0.25) is 5.82 Å². The van der Waals surface area contributed by atoms with Crippen molar-refractivity contribution in [3.63, 3.8) is 0 Å². The number of morpholine rings is 1. The number of H-pyrrole nitrogens is 1. The molecule has 16 heavy (non-hydrogen) atoms. The number of rotatable bonds is 2. The van der Waals surface area contributed by atoms with E-state index in [4.69, 9.17) is 9.26 Å². The zero-order valence-corrected chi connectivity index (χ0v) is 8.38. The Morgan fingerprint density at radius 3 is 3.19 bits per heavy atom. The third kappa shape index (κ3) is 1.68. The molecule has 8 heteroatoms. The van der Waals surface area contributed by atoms with Crippen LogP contribution in [0.25, 0.3) is 11.5 Å². The first kappa shape index (κ1) is 9.43. The summed E-state index contributed by atoms with van der Waals surface area (Å²) in [4.78, 5) is 4.21. The van der Waals surface area contributed by atoms with Crippen molar-refractivity contribution in [1.82, 2.24) is 30.9 Å². The Labute approximate surface area is 90.4 Å². The van der Waals surface area contributed by atoms with Crippen LogP contribution in [0.5, 0.6) is 0 Å². The standard InChI is InChI=1S/C8H10N6O2/c1-2-15-6(4-9-1)8-11-7(13-16-8)5-3-10-14-12-5/h3,6,9H,1-2,4H2,(H,10,12,14). The maximum atomic E-state index is 5.49. The Morgan fingerprint density at radius 1 is 1.44 bits per heavy atom. The molecule has 1 unspecified atom stereocenters. The highest BCUT2D eigenvalue weighted by Gasteiger charge is 2.22. The first-order valence-electron chi connectivity index (χ1n) is 4.95. The van der Waals surface area contributed by atoms with Crippen LogP contribution in [0.3, 0.4) is 0 Å². The molecule has 0 radical (unpaired) electrons. The van der Waals surface area contributed by atoms with Gasteiger partial charge in [0, 0.05) is 13.1 Å². The molecule has 1 atom stereocenters. The zero-order valence-electron chi connectivity index (χ0n) is 8.38. The van der Waals surface area contributed by atoms with Gasteiger partial charge in [-0.1, -0.05) is 5.16 Å². The van der Waals surface area contributed by atoms with Crippen molar-refractivity contribution in [3.8, 4) is 11.5 Å². The summed E-state index contributed by atoms with van der Waals surface area (Å²) in [6, 6.07) is 0. The summed E-state index contributed by atoms with van der Waals surface area (Å²) in [5.41, 5.74) is 0.554. The van der Waals surface area contributed by atoms with Gasteiger partial charge >= 0.3 is 0 Å². The molecule has 1 aliphatic heterocycles. The smallest absolute Gasteiger partial charge is 0.257 e. The molecule has 0 bridgehead atoms. The van der Waals surface area contributed by atoms with Crippen molar-refractivity contribution in [2.75, 3.05) is 19.7 Å². The lowest BCUT2D eigenvalue weighted by Crippen LogP contribution is -2.33. The Balaban J connectivity index is 1.82. The average molecular weight is 222 g/mol. The highest BCUT2D eigenvalue weighted by atomic mass is 16.5. The number of hydrogen-bond acceptors (Lipinski definition) is 7. The highest BCUT2D eigenvalue weighted by molar-refractivity contribution is 5.44. The van der Waals surface area contributed by atoms with E-state index >= 15 is 0 Å². The van der Waals surface area contributed by atoms with Gasteiger partial charge in [0.15, 0.2) is 5.69 Å². The molecule has 1 aliphatic rings. The fourth-order valence-electron chi connectivity index (χ4n) is 1.50. The fourth-order valence-corrected chi connectivity index (χ4v) is 1.50. The van der Waals surface area contributed by atoms with Crippen LogP contribution in [0.2, 0.25) is 0 Å². The SMILES string of the molecule is c1n[nH]nc1-c1noc(C2CNCCO2)n1. The Kier molecular flexibility index (Phi) is 2.35. The maximum absolute atomic E-state index is 5.49. The van der Waals surface area contributed by atoms with Gasteiger partial charge in [0.05, 0.1) is 12.8 Å². The first-order chi connectivity index (χ1) is 7.93. The zero-order chi connectivity index (χ0) is 10.8. The predicted octanol–water partition coefficient (Wildman–Crippen LogP) is -0.484. The number of hydrogen-bond donors (Lipinski definition) is 2. The quantitative estimate of drug-likeness (QED) is 0.707. The van der Waals surface area contributed by atoms with Crippen molar-refractivity contribution < 1.29 is 9.26 Å². The lowest BCUT2D eigenvalue weighted by atomic mass is 10.3. The molecular formula is C8H10N6O2. The lowest BCUT2D eigenvalue weighted by molar-refractivity contribution is 0.00755. The van der Waals surface area contributed by atoms with Crippen LogP contribution in [-0.4, -0.2) is 45.2 Å². The number of ether oxygens (including phenoxy) is 1. The van der Waals surface area contributed by atoms with Crippen molar-refractivity contribution in [2.24, 2.45) is 0 Å². The molecule has 3 rings (SSSR count). The molecule has 2 aromatic heterocycles. The largest absolute Gasteiger partial charge is 0.366 e. The fraction of sp³-hybridized carbons (Fsp3) is 0.500. The molecule has 2 aromatic rings. The topological polar surface area (TPSA) is 102 Å². The summed E-state index contributed by atoms with van der Waals surface area (Å²) in [6.45, 7) is 2.17. The van der Waals surface area contributed by atoms with Crippen LogP contribution in [0, 0.1) is 0 Å². The van der Waals surface area contributed by atoms with E-state index in [1.54, 1.807) is 0 Å². The second-order valence-electron chi connectivity index (χ2n) is 3.38. The minimum atomic E-state index is -0.179. The summed E-state index contributed by atoms with van der Waals surface area (Å²) in [6.07, 6.45) is 1.36. The molecule has 84 valence electrons. The number of aromatic amines is 1. The van der Waals surface area contributed by atoms with E-state index in [9.17, 15) is 0 Å². The number of nitrogens with one attached hydrogen (secondary N) is 2. The minimum Gasteiger partial charge on any atom is -0.366 e. The van der Waals surface area contributed by atoms with Crippen molar-refractivity contribution in [2.45, 2.75) is 6.10 Å². The molecule has 1 fully saturated rings. The molecule has 0 amide bonds. The summed E-state index contributed by atoms with van der Waals surface area (Å²) in [5, 5.41) is 17.0. The van der Waals surface area contributed by atoms with E-state index in [0.717, 1.165) is 6.54 Å². The summed E-state index contributed by atoms with van der Waals surface area (Å²) in [7, 11) is 0. The average Bonchev–Trinajstić information content (AvgIpc) is 3.01. The van der Waals surface area contributed by atoms with Gasteiger partial charge in [-0.15, -0.1) is 0 Å². The molecular weight excluding hydrogens is 212 g/mol. The van der Waals surface area contributed by atoms with Crippen LogP contribution < -0.4 is 5.32 Å². The Morgan fingerprint density at radius 2 is 2.44 bits per heavy atom. The van der Waals surface area contributed by atoms with Crippen LogP contribution in [0.4, 0.5) is 0 Å². The van der Waals surface area contributed by atoms with Crippen molar-refractivity contribution in [1.29, 1.82) is 0 Å². The van der Waals surface area contributed by atoms with Crippen molar-refractivity contribution in [3.05, 3.63) is 12.1 Å². The van der Waals surface area contributed by atoms with E-state index in [1.807, 2.05) is 0 Å². The van der Waals surface area contributed by atoms with Gasteiger partial charge in [-0.2, -0.15) is 20.4 Å². The highest BCUT2D eigenvalue weighted by Crippen LogP contribution is 2.19. The summed E-state index contributed by atoms with van der Waals surface area (Å²) in [5.74, 6) is 0.878. The molecule has 8 nitrogen and oxygen atoms in total. The third-order valence-electron chi connectivity index (χ3n) is 2.29. The summed E-state index contributed by atoms with van der Waals surface area (Å²) < 4.78 is 10.6. The molecule has 2 N–H and O–H groups in total. The maximum Gasteiger partial charge on any atom is 0.257 e. The number of aromatic nitrogens is 5. The normalized spacial score (nSPS) is 21.1. The lowest BCUT2D eigenvalue weighted by Gasteiger charge is -2.19. The third-order valence-corrected chi connectivity index (χ3v) is 2.29. The molecule has 3 heterocycles. The van der Waals surface area contributed by atoms with Gasteiger partial charge in [0.25, 0.3) is 5.89 Å². The van der Waals surface area contributed by atoms with Crippen LogP contribution >= 0.6 is 0 Å².